The summed E-state index contributed by atoms with van der Waals surface area (Å²) in [4.78, 5) is 20.9. The van der Waals surface area contributed by atoms with Crippen LogP contribution in [-0.2, 0) is 13.5 Å². The van der Waals surface area contributed by atoms with Crippen molar-refractivity contribution in [3.05, 3.63) is 87.9 Å². The number of nitrogens with zero attached hydrogens (tertiary/aromatic N) is 6. The van der Waals surface area contributed by atoms with Gasteiger partial charge in [0.2, 0.25) is 0 Å². The molecule has 0 aliphatic carbocycles. The summed E-state index contributed by atoms with van der Waals surface area (Å²) in [5, 5.41) is 5.44. The largest absolute Gasteiger partial charge is 0.497 e. The molecule has 47 heavy (non-hydrogen) atoms. The fourth-order valence-corrected chi connectivity index (χ4v) is 7.04. The summed E-state index contributed by atoms with van der Waals surface area (Å²) in [6.07, 6.45) is 5.20. The summed E-state index contributed by atoms with van der Waals surface area (Å²) in [6.45, 7) is 3.57. The summed E-state index contributed by atoms with van der Waals surface area (Å²) in [5.41, 5.74) is 10.7. The number of benzene rings is 2. The fraction of sp³-hybridized carbons (Fsp3) is 0.343. The van der Waals surface area contributed by atoms with Crippen LogP contribution in [0.25, 0.3) is 22.0 Å². The fourth-order valence-electron chi connectivity index (χ4n) is 7.04. The maximum absolute atomic E-state index is 14.8. The van der Waals surface area contributed by atoms with E-state index in [1.807, 2.05) is 40.0 Å². The molecule has 1 fully saturated rings. The SMILES string of the molecule is COc1cc(N2CCCc3cc(-c4cnn(C5CCN(c6ncc(N)cc6F)CC5)c4)c(C(F)F)cc32)c2cc(C)c(=O)n(C)c2c1. The van der Waals surface area contributed by atoms with Crippen molar-refractivity contribution in [2.24, 2.45) is 7.05 Å². The predicted molar refractivity (Wildman–Crippen MR) is 178 cm³/mol. The van der Waals surface area contributed by atoms with Gasteiger partial charge >= 0.3 is 0 Å². The van der Waals surface area contributed by atoms with Gasteiger partial charge in [-0.05, 0) is 61.9 Å². The lowest BCUT2D eigenvalue weighted by Gasteiger charge is -2.34. The van der Waals surface area contributed by atoms with Gasteiger partial charge in [0.1, 0.15) is 5.75 Å². The third-order valence-corrected chi connectivity index (χ3v) is 9.50. The van der Waals surface area contributed by atoms with Gasteiger partial charge in [-0.25, -0.2) is 18.2 Å². The molecular weight excluding hydrogens is 607 g/mol. The number of aryl methyl sites for hydroxylation is 3. The van der Waals surface area contributed by atoms with Crippen LogP contribution in [0.2, 0.25) is 0 Å². The van der Waals surface area contributed by atoms with E-state index in [4.69, 9.17) is 10.5 Å². The summed E-state index contributed by atoms with van der Waals surface area (Å²) in [7, 11) is 3.30. The van der Waals surface area contributed by atoms with Gasteiger partial charge in [-0.2, -0.15) is 5.10 Å². The second kappa shape index (κ2) is 12.0. The van der Waals surface area contributed by atoms with Gasteiger partial charge in [0.05, 0.1) is 42.4 Å². The average Bonchev–Trinajstić information content (AvgIpc) is 3.56. The van der Waals surface area contributed by atoms with Gasteiger partial charge < -0.3 is 24.8 Å². The molecule has 2 aliphatic rings. The van der Waals surface area contributed by atoms with Gasteiger partial charge in [-0.1, -0.05) is 0 Å². The van der Waals surface area contributed by atoms with Crippen molar-refractivity contribution in [3.8, 4) is 16.9 Å². The first kappa shape index (κ1) is 30.6. The Bertz CT molecular complexity index is 2050. The number of aromatic nitrogens is 4. The Morgan fingerprint density at radius 1 is 1.02 bits per heavy atom. The molecule has 7 rings (SSSR count). The highest BCUT2D eigenvalue weighted by Gasteiger charge is 2.28. The Hall–Kier alpha value is -5.00. The van der Waals surface area contributed by atoms with E-state index in [1.54, 1.807) is 37.9 Å². The Labute approximate surface area is 270 Å². The van der Waals surface area contributed by atoms with Crippen LogP contribution in [0.5, 0.6) is 5.75 Å². The number of hydrogen-bond donors (Lipinski definition) is 1. The molecule has 9 nitrogen and oxygen atoms in total. The third kappa shape index (κ3) is 5.45. The first-order valence-electron chi connectivity index (χ1n) is 15.7. The van der Waals surface area contributed by atoms with E-state index in [1.165, 1.54) is 12.3 Å². The van der Waals surface area contributed by atoms with E-state index in [0.717, 1.165) is 35.2 Å². The Kier molecular flexibility index (Phi) is 7.81. The molecule has 0 saturated carbocycles. The van der Waals surface area contributed by atoms with E-state index in [-0.39, 0.29) is 28.7 Å². The van der Waals surface area contributed by atoms with Crippen LogP contribution in [0.3, 0.4) is 0 Å². The molecule has 2 N–H and O–H groups in total. The van der Waals surface area contributed by atoms with E-state index in [9.17, 15) is 18.0 Å². The highest BCUT2D eigenvalue weighted by molar-refractivity contribution is 5.97. The summed E-state index contributed by atoms with van der Waals surface area (Å²) in [5.74, 6) is 0.414. The zero-order valence-electron chi connectivity index (χ0n) is 26.5. The summed E-state index contributed by atoms with van der Waals surface area (Å²) in [6, 6.07) is 10.4. The van der Waals surface area contributed by atoms with Gasteiger partial charge in [-0.3, -0.25) is 9.48 Å². The van der Waals surface area contributed by atoms with Crippen molar-refractivity contribution < 1.29 is 17.9 Å². The number of nitrogen functional groups attached to an aromatic ring is 1. The predicted octanol–water partition coefficient (Wildman–Crippen LogP) is 6.70. The molecule has 1 saturated heterocycles. The highest BCUT2D eigenvalue weighted by Crippen LogP contribution is 2.44. The number of halogens is 3. The number of nitrogens with two attached hydrogens (primary N) is 1. The molecule has 5 aromatic rings. The smallest absolute Gasteiger partial charge is 0.264 e. The molecular formula is C35H36F3N7O2. The van der Waals surface area contributed by atoms with Gasteiger partial charge in [0, 0.05) is 78.8 Å². The normalized spacial score (nSPS) is 15.5. The van der Waals surface area contributed by atoms with Gasteiger partial charge in [0.25, 0.3) is 12.0 Å². The minimum absolute atomic E-state index is 0.0423. The van der Waals surface area contributed by atoms with Crippen molar-refractivity contribution in [3.63, 3.8) is 0 Å². The van der Waals surface area contributed by atoms with Crippen LogP contribution >= 0.6 is 0 Å². The maximum atomic E-state index is 14.8. The zero-order valence-corrected chi connectivity index (χ0v) is 26.5. The number of anilines is 4. The molecule has 2 aromatic carbocycles. The van der Waals surface area contributed by atoms with Crippen molar-refractivity contribution in [2.75, 3.05) is 42.3 Å². The molecule has 2 aliphatic heterocycles. The molecule has 0 amide bonds. The molecule has 5 heterocycles. The van der Waals surface area contributed by atoms with Crippen molar-refractivity contribution in [2.45, 2.75) is 45.1 Å². The molecule has 0 radical (unpaired) electrons. The van der Waals surface area contributed by atoms with Crippen LogP contribution < -0.4 is 25.8 Å². The Morgan fingerprint density at radius 3 is 2.53 bits per heavy atom. The van der Waals surface area contributed by atoms with Gasteiger partial charge in [-0.15, -0.1) is 0 Å². The van der Waals surface area contributed by atoms with Crippen LogP contribution in [-0.4, -0.2) is 46.1 Å². The number of hydrogen-bond acceptors (Lipinski definition) is 7. The molecule has 12 heteroatoms. The number of rotatable bonds is 6. The minimum atomic E-state index is -2.71. The lowest BCUT2D eigenvalue weighted by atomic mass is 9.92. The summed E-state index contributed by atoms with van der Waals surface area (Å²) >= 11 is 0. The molecule has 0 spiro atoms. The minimum Gasteiger partial charge on any atom is -0.497 e. The topological polar surface area (TPSA) is 94.4 Å². The maximum Gasteiger partial charge on any atom is 0.264 e. The van der Waals surface area contributed by atoms with Crippen LogP contribution in [0, 0.1) is 12.7 Å². The van der Waals surface area contributed by atoms with E-state index >= 15 is 0 Å². The number of ether oxygens (including phenoxy) is 1. The van der Waals surface area contributed by atoms with E-state index in [2.05, 4.69) is 15.0 Å². The second-order valence-electron chi connectivity index (χ2n) is 12.4. The number of alkyl halides is 2. The monoisotopic (exact) mass is 643 g/mol. The number of piperidine rings is 1. The molecule has 0 unspecified atom stereocenters. The summed E-state index contributed by atoms with van der Waals surface area (Å²) < 4.78 is 53.1. The number of fused-ring (bicyclic) bond motifs is 2. The lowest BCUT2D eigenvalue weighted by Crippen LogP contribution is -2.35. The molecule has 0 atom stereocenters. The van der Waals surface area contributed by atoms with Crippen LogP contribution in [0.1, 0.15) is 48.4 Å². The molecule has 0 bridgehead atoms. The van der Waals surface area contributed by atoms with Crippen LogP contribution in [0.15, 0.2) is 59.8 Å². The Balaban J connectivity index is 1.22. The first-order valence-corrected chi connectivity index (χ1v) is 15.7. The first-order chi connectivity index (χ1) is 22.6. The number of pyridine rings is 2. The molecule has 244 valence electrons. The van der Waals surface area contributed by atoms with Gasteiger partial charge in [0.15, 0.2) is 11.6 Å². The standard InChI is InChI=1S/C35H36F3N7O2/c1-20-11-28-31(42(2)35(20)46)14-25(47-3)15-32(28)44-8-4-5-21-12-26(27(33(37)38)16-30(21)44)22-17-41-45(19-22)24-6-9-43(10-7-24)34-29(36)13-23(39)18-40-34/h11-19,24,33H,4-10,39H2,1-3H3. The Morgan fingerprint density at radius 2 is 1.81 bits per heavy atom. The lowest BCUT2D eigenvalue weighted by molar-refractivity contribution is 0.152. The zero-order chi connectivity index (χ0) is 33.0. The molecule has 3 aromatic heterocycles. The third-order valence-electron chi connectivity index (χ3n) is 9.50. The quantitative estimate of drug-likeness (QED) is 0.220. The highest BCUT2D eigenvalue weighted by atomic mass is 19.3. The average molecular weight is 644 g/mol. The number of methoxy groups -OCH3 is 1. The van der Waals surface area contributed by atoms with Crippen molar-refractivity contribution >= 4 is 33.8 Å². The van der Waals surface area contributed by atoms with Crippen molar-refractivity contribution in [1.29, 1.82) is 0 Å². The van der Waals surface area contributed by atoms with Crippen LogP contribution in [0.4, 0.5) is 36.1 Å². The van der Waals surface area contributed by atoms with E-state index in [0.29, 0.717) is 60.4 Å². The van der Waals surface area contributed by atoms with Crippen molar-refractivity contribution in [1.82, 2.24) is 19.3 Å². The van der Waals surface area contributed by atoms with E-state index < -0.39 is 12.2 Å². The second-order valence-corrected chi connectivity index (χ2v) is 12.4.